The van der Waals surface area contributed by atoms with Gasteiger partial charge in [-0.1, -0.05) is 16.8 Å². The van der Waals surface area contributed by atoms with E-state index in [4.69, 9.17) is 20.9 Å². The van der Waals surface area contributed by atoms with Crippen LogP contribution in [0.1, 0.15) is 35.9 Å². The lowest BCUT2D eigenvalue weighted by Crippen LogP contribution is -2.41. The maximum absolute atomic E-state index is 12.9. The van der Waals surface area contributed by atoms with E-state index in [0.717, 1.165) is 42.2 Å². The molecule has 2 aromatic rings. The van der Waals surface area contributed by atoms with Crippen molar-refractivity contribution in [2.45, 2.75) is 38.3 Å². The predicted molar refractivity (Wildman–Crippen MR) is 84.5 cm³/mol. The number of nitrogens with zero attached hydrogens (tertiary/aromatic N) is 2. The fourth-order valence-electron chi connectivity index (χ4n) is 3.42. The average Bonchev–Trinajstić information content (AvgIpc) is 3.23. The van der Waals surface area contributed by atoms with Crippen molar-refractivity contribution in [3.63, 3.8) is 0 Å². The number of ether oxygens (including phenoxy) is 1. The van der Waals surface area contributed by atoms with Crippen LogP contribution in [0.25, 0.3) is 0 Å². The highest BCUT2D eigenvalue weighted by molar-refractivity contribution is 6.30. The fraction of sp³-hybridized carbons (Fsp3) is 0.412. The number of hydrogen-bond donors (Lipinski definition) is 0. The Morgan fingerprint density at radius 3 is 3.04 bits per heavy atom. The van der Waals surface area contributed by atoms with E-state index in [9.17, 15) is 4.79 Å². The van der Waals surface area contributed by atoms with Crippen LogP contribution in [-0.4, -0.2) is 28.6 Å². The molecule has 3 heterocycles. The molecule has 0 radical (unpaired) electrons. The van der Waals surface area contributed by atoms with Crippen molar-refractivity contribution in [2.24, 2.45) is 0 Å². The zero-order valence-corrected chi connectivity index (χ0v) is 13.5. The second-order valence-electron chi connectivity index (χ2n) is 6.11. The number of carbonyl (C=O) groups excluding carboxylic acids is 1. The molecule has 2 aliphatic rings. The number of rotatable bonds is 2. The third-order valence-corrected chi connectivity index (χ3v) is 4.73. The van der Waals surface area contributed by atoms with Crippen molar-refractivity contribution in [1.82, 2.24) is 10.1 Å². The molecule has 23 heavy (non-hydrogen) atoms. The van der Waals surface area contributed by atoms with Crippen LogP contribution in [0.15, 0.2) is 28.8 Å². The summed E-state index contributed by atoms with van der Waals surface area (Å²) in [5.74, 6) is 1.53. The number of carbonyl (C=O) groups is 1. The van der Waals surface area contributed by atoms with Gasteiger partial charge in [-0.2, -0.15) is 0 Å². The Labute approximate surface area is 139 Å². The van der Waals surface area contributed by atoms with Gasteiger partial charge >= 0.3 is 0 Å². The van der Waals surface area contributed by atoms with Gasteiger partial charge in [-0.25, -0.2) is 0 Å². The molecular formula is C17H17ClN2O3. The molecule has 0 spiro atoms. The smallest absolute Gasteiger partial charge is 0.264 e. The molecule has 1 amide bonds. The first kappa shape index (κ1) is 14.6. The standard InChI is InChI=1S/C17H17ClN2O3/c1-10-7-13(19-23-10)14-3-2-6-20(14)17(21)16-9-11-8-12(18)4-5-15(11)22-16/h4-5,7-8,14,16H,2-3,6,9H2,1H3/t14-,16-/m0/s1. The van der Waals surface area contributed by atoms with E-state index in [1.54, 1.807) is 6.07 Å². The monoisotopic (exact) mass is 332 g/mol. The minimum atomic E-state index is -0.475. The summed E-state index contributed by atoms with van der Waals surface area (Å²) in [6.07, 6.45) is 1.96. The minimum absolute atomic E-state index is 0.0143. The van der Waals surface area contributed by atoms with Crippen molar-refractivity contribution in [2.75, 3.05) is 6.54 Å². The maximum atomic E-state index is 12.9. The largest absolute Gasteiger partial charge is 0.480 e. The van der Waals surface area contributed by atoms with Crippen LogP contribution < -0.4 is 4.74 Å². The Hall–Kier alpha value is -2.01. The topological polar surface area (TPSA) is 55.6 Å². The Bertz CT molecular complexity index is 758. The molecule has 0 unspecified atom stereocenters. The number of benzene rings is 1. The highest BCUT2D eigenvalue weighted by Crippen LogP contribution is 2.36. The lowest BCUT2D eigenvalue weighted by Gasteiger charge is -2.25. The molecule has 120 valence electrons. The molecule has 6 heteroatoms. The summed E-state index contributed by atoms with van der Waals surface area (Å²) in [4.78, 5) is 14.8. The first-order chi connectivity index (χ1) is 11.1. The number of fused-ring (bicyclic) bond motifs is 1. The molecule has 0 bridgehead atoms. The van der Waals surface area contributed by atoms with E-state index >= 15 is 0 Å². The normalized spacial score (nSPS) is 23.0. The molecular weight excluding hydrogens is 316 g/mol. The molecule has 2 atom stereocenters. The van der Waals surface area contributed by atoms with Crippen molar-refractivity contribution >= 4 is 17.5 Å². The lowest BCUT2D eigenvalue weighted by molar-refractivity contribution is -0.139. The first-order valence-corrected chi connectivity index (χ1v) is 8.18. The van der Waals surface area contributed by atoms with Crippen LogP contribution in [0.4, 0.5) is 0 Å². The zero-order chi connectivity index (χ0) is 16.0. The van der Waals surface area contributed by atoms with Crippen LogP contribution in [0.5, 0.6) is 5.75 Å². The quantitative estimate of drug-likeness (QED) is 0.846. The summed E-state index contributed by atoms with van der Waals surface area (Å²) in [6.45, 7) is 2.59. The van der Waals surface area contributed by atoms with Crippen molar-refractivity contribution in [1.29, 1.82) is 0 Å². The van der Waals surface area contributed by atoms with Gasteiger partial charge in [-0.15, -0.1) is 0 Å². The summed E-state index contributed by atoms with van der Waals surface area (Å²) in [5.41, 5.74) is 1.82. The van der Waals surface area contributed by atoms with Crippen LogP contribution >= 0.6 is 11.6 Å². The molecule has 0 N–H and O–H groups in total. The number of aryl methyl sites for hydroxylation is 1. The first-order valence-electron chi connectivity index (χ1n) is 7.80. The van der Waals surface area contributed by atoms with Crippen LogP contribution in [-0.2, 0) is 11.2 Å². The number of halogens is 1. The van der Waals surface area contributed by atoms with Gasteiger partial charge in [0.05, 0.1) is 6.04 Å². The molecule has 2 aliphatic heterocycles. The minimum Gasteiger partial charge on any atom is -0.480 e. The van der Waals surface area contributed by atoms with E-state index in [2.05, 4.69) is 5.16 Å². The average molecular weight is 333 g/mol. The number of likely N-dealkylation sites (tertiary alicyclic amines) is 1. The Kier molecular flexibility index (Phi) is 3.53. The van der Waals surface area contributed by atoms with E-state index in [0.29, 0.717) is 11.4 Å². The van der Waals surface area contributed by atoms with Gasteiger partial charge in [-0.3, -0.25) is 4.79 Å². The van der Waals surface area contributed by atoms with Gasteiger partial charge in [0, 0.05) is 24.1 Å². The molecule has 5 nitrogen and oxygen atoms in total. The predicted octanol–water partition coefficient (Wildman–Crippen LogP) is 3.30. The highest BCUT2D eigenvalue weighted by atomic mass is 35.5. The van der Waals surface area contributed by atoms with Gasteiger partial charge in [0.1, 0.15) is 17.2 Å². The summed E-state index contributed by atoms with van der Waals surface area (Å²) in [6, 6.07) is 7.36. The summed E-state index contributed by atoms with van der Waals surface area (Å²) >= 11 is 6.01. The molecule has 0 aliphatic carbocycles. The van der Waals surface area contributed by atoms with Crippen molar-refractivity contribution < 1.29 is 14.1 Å². The molecule has 1 aromatic carbocycles. The second kappa shape index (κ2) is 5.57. The van der Waals surface area contributed by atoms with E-state index < -0.39 is 6.10 Å². The summed E-state index contributed by atoms with van der Waals surface area (Å²) < 4.78 is 11.0. The summed E-state index contributed by atoms with van der Waals surface area (Å²) in [5, 5.41) is 4.75. The van der Waals surface area contributed by atoms with Crippen molar-refractivity contribution in [3.05, 3.63) is 46.3 Å². The van der Waals surface area contributed by atoms with Gasteiger partial charge in [0.25, 0.3) is 5.91 Å². The third kappa shape index (κ3) is 2.59. The lowest BCUT2D eigenvalue weighted by atomic mass is 10.1. The SMILES string of the molecule is Cc1cc([C@@H]2CCCN2C(=O)[C@@H]2Cc3cc(Cl)ccc3O2)no1. The molecule has 0 saturated carbocycles. The second-order valence-corrected chi connectivity index (χ2v) is 6.55. The zero-order valence-electron chi connectivity index (χ0n) is 12.8. The number of hydrogen-bond acceptors (Lipinski definition) is 4. The fourth-order valence-corrected chi connectivity index (χ4v) is 3.62. The van der Waals surface area contributed by atoms with E-state index in [1.165, 1.54) is 0 Å². The van der Waals surface area contributed by atoms with Crippen LogP contribution in [0, 0.1) is 6.92 Å². The highest BCUT2D eigenvalue weighted by Gasteiger charge is 2.39. The summed E-state index contributed by atoms with van der Waals surface area (Å²) in [7, 11) is 0. The van der Waals surface area contributed by atoms with E-state index in [1.807, 2.05) is 30.0 Å². The number of amides is 1. The molecule has 1 aromatic heterocycles. The Morgan fingerprint density at radius 2 is 2.26 bits per heavy atom. The van der Waals surface area contributed by atoms with E-state index in [-0.39, 0.29) is 11.9 Å². The Balaban J connectivity index is 1.53. The van der Waals surface area contributed by atoms with Gasteiger partial charge in [-0.05, 0) is 43.5 Å². The molecule has 1 saturated heterocycles. The van der Waals surface area contributed by atoms with Gasteiger partial charge < -0.3 is 14.2 Å². The van der Waals surface area contributed by atoms with Gasteiger partial charge in [0.15, 0.2) is 6.10 Å². The third-order valence-electron chi connectivity index (χ3n) is 4.50. The molecule has 1 fully saturated rings. The molecule has 4 rings (SSSR count). The van der Waals surface area contributed by atoms with Crippen LogP contribution in [0.2, 0.25) is 5.02 Å². The van der Waals surface area contributed by atoms with Crippen molar-refractivity contribution in [3.8, 4) is 5.75 Å². The number of aromatic nitrogens is 1. The van der Waals surface area contributed by atoms with Crippen LogP contribution in [0.3, 0.4) is 0 Å². The Morgan fingerprint density at radius 1 is 1.39 bits per heavy atom. The maximum Gasteiger partial charge on any atom is 0.264 e. The van der Waals surface area contributed by atoms with Gasteiger partial charge in [0.2, 0.25) is 0 Å².